The Bertz CT molecular complexity index is 341. The zero-order valence-corrected chi connectivity index (χ0v) is 11.2. The van der Waals surface area contributed by atoms with E-state index in [0.29, 0.717) is 5.92 Å². The van der Waals surface area contributed by atoms with E-state index in [4.69, 9.17) is 0 Å². The van der Waals surface area contributed by atoms with E-state index in [1.807, 2.05) is 12.1 Å². The summed E-state index contributed by atoms with van der Waals surface area (Å²) in [5, 5.41) is 6.10. The average molecular weight is 312 g/mol. The molecule has 0 bridgehead atoms. The number of rotatable bonds is 3. The van der Waals surface area contributed by atoms with E-state index in [-0.39, 0.29) is 18.3 Å². The molecule has 15 heavy (non-hydrogen) atoms. The molecular formula is C9H12BrClN2OS. The summed E-state index contributed by atoms with van der Waals surface area (Å²) < 4.78 is 0.993. The van der Waals surface area contributed by atoms with Crippen molar-refractivity contribution >= 4 is 45.6 Å². The lowest BCUT2D eigenvalue weighted by Gasteiger charge is -2.26. The van der Waals surface area contributed by atoms with E-state index in [9.17, 15) is 4.79 Å². The van der Waals surface area contributed by atoms with E-state index >= 15 is 0 Å². The molecule has 1 aliphatic heterocycles. The number of hydrogen-bond donors (Lipinski definition) is 2. The summed E-state index contributed by atoms with van der Waals surface area (Å²) in [7, 11) is 0. The Morgan fingerprint density at radius 3 is 2.80 bits per heavy atom. The maximum absolute atomic E-state index is 11.6. The van der Waals surface area contributed by atoms with Gasteiger partial charge in [-0.15, -0.1) is 23.7 Å². The minimum absolute atomic E-state index is 0. The van der Waals surface area contributed by atoms with Crippen molar-refractivity contribution in [3.05, 3.63) is 20.8 Å². The van der Waals surface area contributed by atoms with Crippen LogP contribution in [0.4, 0.5) is 0 Å². The van der Waals surface area contributed by atoms with E-state index in [1.165, 1.54) is 11.3 Å². The summed E-state index contributed by atoms with van der Waals surface area (Å²) in [6.45, 7) is 2.82. The average Bonchev–Trinajstić information content (AvgIpc) is 2.49. The largest absolute Gasteiger partial charge is 0.351 e. The highest BCUT2D eigenvalue weighted by molar-refractivity contribution is 9.11. The molecule has 0 saturated carbocycles. The van der Waals surface area contributed by atoms with Crippen LogP contribution in [0.15, 0.2) is 15.9 Å². The standard InChI is InChI=1S/C9H11BrN2OS.ClH/c10-8-2-1-7(14-8)9(13)12-5-6-3-11-4-6;/h1-2,6,11H,3-5H2,(H,12,13);1H. The lowest BCUT2D eigenvalue weighted by atomic mass is 10.0. The fraction of sp³-hybridized carbons (Fsp3) is 0.444. The van der Waals surface area contributed by atoms with Gasteiger partial charge >= 0.3 is 0 Å². The molecule has 2 rings (SSSR count). The predicted molar refractivity (Wildman–Crippen MR) is 68.0 cm³/mol. The summed E-state index contributed by atoms with van der Waals surface area (Å²) in [6, 6.07) is 3.73. The second-order valence-electron chi connectivity index (χ2n) is 3.34. The van der Waals surface area contributed by atoms with E-state index in [0.717, 1.165) is 28.3 Å². The Morgan fingerprint density at radius 1 is 1.60 bits per heavy atom. The lowest BCUT2D eigenvalue weighted by molar-refractivity contribution is 0.0946. The third kappa shape index (κ3) is 3.45. The summed E-state index contributed by atoms with van der Waals surface area (Å²) in [5.41, 5.74) is 0. The van der Waals surface area contributed by atoms with E-state index in [1.54, 1.807) is 0 Å². The molecule has 0 spiro atoms. The molecule has 2 heterocycles. The van der Waals surface area contributed by atoms with E-state index in [2.05, 4.69) is 26.6 Å². The summed E-state index contributed by atoms with van der Waals surface area (Å²) in [6.07, 6.45) is 0. The number of thiophene rings is 1. The number of carbonyl (C=O) groups excluding carboxylic acids is 1. The zero-order chi connectivity index (χ0) is 9.97. The maximum atomic E-state index is 11.6. The van der Waals surface area contributed by atoms with Crippen molar-refractivity contribution in [3.63, 3.8) is 0 Å². The van der Waals surface area contributed by atoms with Gasteiger partial charge in [0, 0.05) is 25.6 Å². The molecule has 1 saturated heterocycles. The molecule has 2 N–H and O–H groups in total. The smallest absolute Gasteiger partial charge is 0.261 e. The molecule has 1 fully saturated rings. The number of amides is 1. The number of nitrogens with one attached hydrogen (secondary N) is 2. The SMILES string of the molecule is Cl.O=C(NCC1CNC1)c1ccc(Br)s1. The summed E-state index contributed by atoms with van der Waals surface area (Å²) in [4.78, 5) is 12.3. The molecule has 6 heteroatoms. The van der Waals surface area contributed by atoms with Crippen LogP contribution in [0.25, 0.3) is 0 Å². The minimum atomic E-state index is 0. The quantitative estimate of drug-likeness (QED) is 0.895. The minimum Gasteiger partial charge on any atom is -0.351 e. The molecule has 0 aromatic carbocycles. The van der Waals surface area contributed by atoms with Crippen molar-refractivity contribution in [2.45, 2.75) is 0 Å². The molecule has 84 valence electrons. The van der Waals surface area contributed by atoms with Crippen molar-refractivity contribution in [2.24, 2.45) is 5.92 Å². The second-order valence-corrected chi connectivity index (χ2v) is 5.80. The number of halogens is 2. The van der Waals surface area contributed by atoms with Crippen LogP contribution in [0.5, 0.6) is 0 Å². The van der Waals surface area contributed by atoms with Gasteiger partial charge in [0.25, 0.3) is 5.91 Å². The Kier molecular flexibility index (Phi) is 5.05. The van der Waals surface area contributed by atoms with Gasteiger partial charge in [0.2, 0.25) is 0 Å². The van der Waals surface area contributed by atoms with Crippen molar-refractivity contribution in [1.29, 1.82) is 0 Å². The fourth-order valence-electron chi connectivity index (χ4n) is 1.25. The van der Waals surface area contributed by atoms with Crippen LogP contribution in [0.3, 0.4) is 0 Å². The number of carbonyl (C=O) groups is 1. The fourth-order valence-corrected chi connectivity index (χ4v) is 2.56. The Balaban J connectivity index is 0.00000112. The lowest BCUT2D eigenvalue weighted by Crippen LogP contribution is -2.48. The van der Waals surface area contributed by atoms with Crippen LogP contribution in [-0.2, 0) is 0 Å². The van der Waals surface area contributed by atoms with Crippen LogP contribution >= 0.6 is 39.7 Å². The summed E-state index contributed by atoms with van der Waals surface area (Å²) >= 11 is 4.80. The van der Waals surface area contributed by atoms with Gasteiger partial charge in [-0.2, -0.15) is 0 Å². The van der Waals surface area contributed by atoms with Gasteiger partial charge in [-0.3, -0.25) is 4.79 Å². The van der Waals surface area contributed by atoms with Crippen molar-refractivity contribution in [3.8, 4) is 0 Å². The Morgan fingerprint density at radius 2 is 2.33 bits per heavy atom. The topological polar surface area (TPSA) is 41.1 Å². The first kappa shape index (κ1) is 13.0. The molecule has 1 aromatic heterocycles. The molecule has 3 nitrogen and oxygen atoms in total. The van der Waals surface area contributed by atoms with Crippen LogP contribution in [0.1, 0.15) is 9.67 Å². The first-order valence-electron chi connectivity index (χ1n) is 4.50. The second kappa shape index (κ2) is 5.84. The van der Waals surface area contributed by atoms with Gasteiger partial charge in [0.1, 0.15) is 0 Å². The Hall–Kier alpha value is -0.100. The zero-order valence-electron chi connectivity index (χ0n) is 7.96. The van der Waals surface area contributed by atoms with Crippen LogP contribution in [0.2, 0.25) is 0 Å². The highest BCUT2D eigenvalue weighted by Crippen LogP contribution is 2.21. The number of hydrogen-bond acceptors (Lipinski definition) is 3. The Labute approximate surface area is 107 Å². The van der Waals surface area contributed by atoms with Crippen LogP contribution < -0.4 is 10.6 Å². The molecular weight excluding hydrogens is 300 g/mol. The molecule has 0 aliphatic carbocycles. The third-order valence-corrected chi connectivity index (χ3v) is 3.84. The van der Waals surface area contributed by atoms with Gasteiger partial charge in [-0.25, -0.2) is 0 Å². The monoisotopic (exact) mass is 310 g/mol. The first-order valence-corrected chi connectivity index (χ1v) is 6.11. The van der Waals surface area contributed by atoms with Gasteiger partial charge in [0.05, 0.1) is 8.66 Å². The third-order valence-electron chi connectivity index (χ3n) is 2.21. The van der Waals surface area contributed by atoms with Crippen LogP contribution in [-0.4, -0.2) is 25.5 Å². The first-order chi connectivity index (χ1) is 6.75. The highest BCUT2D eigenvalue weighted by Gasteiger charge is 2.17. The molecule has 0 radical (unpaired) electrons. The molecule has 0 atom stereocenters. The van der Waals surface area contributed by atoms with E-state index < -0.39 is 0 Å². The molecule has 1 aromatic rings. The predicted octanol–water partition coefficient (Wildman–Crippen LogP) is 1.88. The molecule has 1 aliphatic rings. The van der Waals surface area contributed by atoms with Crippen molar-refractivity contribution in [2.75, 3.05) is 19.6 Å². The molecule has 1 amide bonds. The molecule has 0 unspecified atom stereocenters. The van der Waals surface area contributed by atoms with Gasteiger partial charge < -0.3 is 10.6 Å². The highest BCUT2D eigenvalue weighted by atomic mass is 79.9. The van der Waals surface area contributed by atoms with Crippen molar-refractivity contribution < 1.29 is 4.79 Å². The maximum Gasteiger partial charge on any atom is 0.261 e. The van der Waals surface area contributed by atoms with Crippen molar-refractivity contribution in [1.82, 2.24) is 10.6 Å². The normalized spacial score (nSPS) is 15.3. The van der Waals surface area contributed by atoms with Gasteiger partial charge in [-0.05, 0) is 28.1 Å². The summed E-state index contributed by atoms with van der Waals surface area (Å²) in [5.74, 6) is 0.648. The van der Waals surface area contributed by atoms with Gasteiger partial charge in [0.15, 0.2) is 0 Å². The van der Waals surface area contributed by atoms with Gasteiger partial charge in [-0.1, -0.05) is 0 Å². The van der Waals surface area contributed by atoms with Crippen LogP contribution in [0, 0.1) is 5.92 Å².